The van der Waals surface area contributed by atoms with Crippen molar-refractivity contribution >= 4 is 10.8 Å². The second kappa shape index (κ2) is 6.50. The first-order valence-corrected chi connectivity index (χ1v) is 7.15. The van der Waals surface area contributed by atoms with E-state index in [0.717, 1.165) is 24.3 Å². The van der Waals surface area contributed by atoms with Crippen LogP contribution in [0.3, 0.4) is 0 Å². The van der Waals surface area contributed by atoms with Crippen LogP contribution in [0.1, 0.15) is 0 Å². The average Bonchev–Trinajstić information content (AvgIpc) is 2.62. The largest absolute Gasteiger partial charge is 0.573 e. The van der Waals surface area contributed by atoms with E-state index in [1.54, 1.807) is 0 Å². The van der Waals surface area contributed by atoms with Crippen LogP contribution >= 0.6 is 0 Å². The predicted octanol–water partition coefficient (Wildman–Crippen LogP) is 5.95. The fourth-order valence-electron chi connectivity index (χ4n) is 2.62. The molecule has 0 bridgehead atoms. The fourth-order valence-corrected chi connectivity index (χ4v) is 2.62. The molecule has 3 rings (SSSR count). The summed E-state index contributed by atoms with van der Waals surface area (Å²) in [4.78, 5) is 0. The number of aromatic hydroxyl groups is 1. The lowest BCUT2D eigenvalue weighted by atomic mass is 9.95. The van der Waals surface area contributed by atoms with Gasteiger partial charge in [-0.2, -0.15) is 4.39 Å². The van der Waals surface area contributed by atoms with Gasteiger partial charge in [-0.1, -0.05) is 12.1 Å². The summed E-state index contributed by atoms with van der Waals surface area (Å²) in [6.07, 6.45) is -5.69. The predicted molar refractivity (Wildman–Crippen MR) is 77.5 cm³/mol. The minimum atomic E-state index is -5.69. The van der Waals surface area contributed by atoms with Crippen LogP contribution in [0, 0.1) is 34.9 Å². The molecule has 0 radical (unpaired) electrons. The van der Waals surface area contributed by atoms with Crippen molar-refractivity contribution in [1.29, 1.82) is 0 Å². The maximum absolute atomic E-state index is 14.5. The summed E-state index contributed by atoms with van der Waals surface area (Å²) >= 11 is 0. The number of hydrogen-bond donors (Lipinski definition) is 1. The molecule has 2 nitrogen and oxygen atoms in total. The van der Waals surface area contributed by atoms with Crippen molar-refractivity contribution in [3.05, 3.63) is 59.2 Å². The highest BCUT2D eigenvalue weighted by molar-refractivity contribution is 6.01. The van der Waals surface area contributed by atoms with Crippen molar-refractivity contribution in [3.63, 3.8) is 0 Å². The molecule has 11 heteroatoms. The Kier molecular flexibility index (Phi) is 4.56. The highest BCUT2D eigenvalue weighted by atomic mass is 19.4. The van der Waals surface area contributed by atoms with Gasteiger partial charge in [-0.15, -0.1) is 13.2 Å². The molecule has 0 unspecified atom stereocenters. The zero-order chi connectivity index (χ0) is 21.0. The topological polar surface area (TPSA) is 29.5 Å². The van der Waals surface area contributed by atoms with Gasteiger partial charge >= 0.3 is 6.36 Å². The van der Waals surface area contributed by atoms with E-state index in [1.807, 2.05) is 0 Å². The molecular formula is C17H5F9O2. The van der Waals surface area contributed by atoms with E-state index >= 15 is 0 Å². The van der Waals surface area contributed by atoms with Gasteiger partial charge in [0.1, 0.15) is 5.75 Å². The van der Waals surface area contributed by atoms with Crippen LogP contribution in [0.2, 0.25) is 0 Å². The Labute approximate surface area is 149 Å². The maximum atomic E-state index is 14.5. The number of ether oxygens (including phenoxy) is 1. The van der Waals surface area contributed by atoms with Crippen LogP contribution in [0.15, 0.2) is 24.3 Å². The van der Waals surface area contributed by atoms with Crippen molar-refractivity contribution in [3.8, 4) is 22.6 Å². The molecule has 3 aromatic rings. The van der Waals surface area contributed by atoms with E-state index in [-0.39, 0.29) is 5.75 Å². The molecule has 3 aromatic carbocycles. The van der Waals surface area contributed by atoms with E-state index in [1.165, 1.54) is 0 Å². The van der Waals surface area contributed by atoms with Crippen molar-refractivity contribution in [1.82, 2.24) is 0 Å². The van der Waals surface area contributed by atoms with E-state index in [0.29, 0.717) is 0 Å². The summed E-state index contributed by atoms with van der Waals surface area (Å²) in [5, 5.41) is 5.94. The van der Waals surface area contributed by atoms with Gasteiger partial charge in [0.15, 0.2) is 34.8 Å². The normalized spacial score (nSPS) is 11.9. The lowest BCUT2D eigenvalue weighted by Crippen LogP contribution is -2.19. The minimum absolute atomic E-state index is 0.380. The van der Waals surface area contributed by atoms with Crippen molar-refractivity contribution < 1.29 is 49.4 Å². The molecular weight excluding hydrogens is 407 g/mol. The third-order valence-electron chi connectivity index (χ3n) is 3.73. The quantitative estimate of drug-likeness (QED) is 0.321. The summed E-state index contributed by atoms with van der Waals surface area (Å²) < 4.78 is 125. The van der Waals surface area contributed by atoms with Crippen molar-refractivity contribution in [2.24, 2.45) is 0 Å². The Bertz CT molecular complexity index is 1090. The monoisotopic (exact) mass is 412 g/mol. The number of alkyl halides is 3. The molecule has 0 aliphatic heterocycles. The summed E-state index contributed by atoms with van der Waals surface area (Å²) in [5.74, 6) is -16.8. The third-order valence-corrected chi connectivity index (χ3v) is 3.73. The van der Waals surface area contributed by atoms with Gasteiger partial charge in [0, 0.05) is 10.9 Å². The average molecular weight is 412 g/mol. The molecule has 0 aliphatic rings. The Balaban J connectivity index is 2.57. The van der Waals surface area contributed by atoms with Gasteiger partial charge in [-0.3, -0.25) is 0 Å². The van der Waals surface area contributed by atoms with Crippen LogP contribution in [0.5, 0.6) is 11.5 Å². The number of rotatable bonds is 2. The molecule has 0 saturated carbocycles. The lowest BCUT2D eigenvalue weighted by molar-refractivity contribution is -0.275. The summed E-state index contributed by atoms with van der Waals surface area (Å²) in [5.41, 5.74) is -1.67. The van der Waals surface area contributed by atoms with Gasteiger partial charge in [-0.05, 0) is 17.7 Å². The molecule has 1 N–H and O–H groups in total. The zero-order valence-corrected chi connectivity index (χ0v) is 13.1. The highest BCUT2D eigenvalue weighted by Crippen LogP contribution is 2.45. The first kappa shape index (κ1) is 19.6. The van der Waals surface area contributed by atoms with Crippen molar-refractivity contribution in [2.45, 2.75) is 6.36 Å². The molecule has 0 amide bonds. The summed E-state index contributed by atoms with van der Waals surface area (Å²) in [7, 11) is 0. The third kappa shape index (κ3) is 3.06. The number of phenolic OH excluding ortho intramolecular Hbond substituents is 1. The van der Waals surface area contributed by atoms with Gasteiger partial charge in [-0.25, -0.2) is 22.0 Å². The molecule has 0 spiro atoms. The molecule has 0 aromatic heterocycles. The first-order valence-electron chi connectivity index (χ1n) is 7.15. The summed E-state index contributed by atoms with van der Waals surface area (Å²) in [6, 6.07) is 3.56. The van der Waals surface area contributed by atoms with Crippen LogP contribution in [0.4, 0.5) is 39.5 Å². The van der Waals surface area contributed by atoms with Crippen LogP contribution in [-0.2, 0) is 0 Å². The van der Waals surface area contributed by atoms with Gasteiger partial charge < -0.3 is 9.84 Å². The molecule has 0 atom stereocenters. The minimum Gasteiger partial charge on any atom is -0.508 e. The Morgan fingerprint density at radius 3 is 1.64 bits per heavy atom. The first-order chi connectivity index (χ1) is 12.9. The Morgan fingerprint density at radius 2 is 1.14 bits per heavy atom. The van der Waals surface area contributed by atoms with Crippen LogP contribution in [-0.4, -0.2) is 11.5 Å². The van der Waals surface area contributed by atoms with E-state index in [2.05, 4.69) is 4.74 Å². The molecule has 0 aliphatic carbocycles. The van der Waals surface area contributed by atoms with E-state index < -0.39 is 68.9 Å². The SMILES string of the molecule is Oc1ccc(-c2c(F)c(F)c(OC(F)(F)F)c3c(F)c(F)c(F)c(F)c23)cc1. The lowest BCUT2D eigenvalue weighted by Gasteiger charge is -2.18. The van der Waals surface area contributed by atoms with Crippen LogP contribution < -0.4 is 4.74 Å². The highest BCUT2D eigenvalue weighted by Gasteiger charge is 2.38. The van der Waals surface area contributed by atoms with Gasteiger partial charge in [0.05, 0.1) is 5.39 Å². The molecule has 0 heterocycles. The molecule has 0 fully saturated rings. The van der Waals surface area contributed by atoms with E-state index in [9.17, 15) is 44.6 Å². The van der Waals surface area contributed by atoms with Crippen molar-refractivity contribution in [2.75, 3.05) is 0 Å². The molecule has 148 valence electrons. The number of phenols is 1. The molecule has 28 heavy (non-hydrogen) atoms. The Morgan fingerprint density at radius 1 is 0.643 bits per heavy atom. The van der Waals surface area contributed by atoms with E-state index in [4.69, 9.17) is 0 Å². The standard InChI is InChI=1S/C17H5F9O2/c18-10-7(5-1-3-6(27)4-2-5)8-9(12(20)14(22)13(21)11(8)19)16(15(10)23)28-17(24,25)26/h1-4,27H. The number of hydrogen-bond acceptors (Lipinski definition) is 2. The fraction of sp³-hybridized carbons (Fsp3) is 0.0588. The second-order valence-electron chi connectivity index (χ2n) is 5.43. The molecule has 0 saturated heterocycles. The van der Waals surface area contributed by atoms with Gasteiger partial charge in [0.2, 0.25) is 5.82 Å². The zero-order valence-electron chi connectivity index (χ0n) is 13.1. The number of halogens is 9. The smallest absolute Gasteiger partial charge is 0.508 e. The number of fused-ring (bicyclic) bond motifs is 1. The van der Waals surface area contributed by atoms with Gasteiger partial charge in [0.25, 0.3) is 0 Å². The maximum Gasteiger partial charge on any atom is 0.573 e. The number of benzene rings is 3. The second-order valence-corrected chi connectivity index (χ2v) is 5.43. The summed E-state index contributed by atoms with van der Waals surface area (Å²) in [6.45, 7) is 0. The Hall–Kier alpha value is -3.11. The van der Waals surface area contributed by atoms with Crippen LogP contribution in [0.25, 0.3) is 21.9 Å².